The molecule has 0 saturated heterocycles. The van der Waals surface area contributed by atoms with Crippen LogP contribution in [0.1, 0.15) is 11.1 Å². The zero-order valence-electron chi connectivity index (χ0n) is 14.6. The molecule has 3 aromatic rings. The molecule has 8 nitrogen and oxygen atoms in total. The maximum Gasteiger partial charge on any atom is 0.271 e. The van der Waals surface area contributed by atoms with E-state index >= 15 is 0 Å². The topological polar surface area (TPSA) is 101 Å². The van der Waals surface area contributed by atoms with Crippen molar-refractivity contribution in [2.45, 2.75) is 6.61 Å². The highest BCUT2D eigenvalue weighted by atomic mass is 35.5. The second-order valence-corrected chi connectivity index (χ2v) is 6.31. The maximum absolute atomic E-state index is 11.1. The number of aromatic amines is 1. The molecule has 0 aliphatic carbocycles. The van der Waals surface area contributed by atoms with Crippen LogP contribution < -0.4 is 20.5 Å². The molecule has 1 heterocycles. The number of hydrogen-bond donors (Lipinski definition) is 2. The molecule has 0 aliphatic heterocycles. The molecular formula is C18H15Cl2N5O3. The maximum atomic E-state index is 11.1. The van der Waals surface area contributed by atoms with E-state index < -0.39 is 0 Å². The molecule has 0 fully saturated rings. The molecule has 0 radical (unpaired) electrons. The summed E-state index contributed by atoms with van der Waals surface area (Å²) in [6, 6.07) is 10.6. The van der Waals surface area contributed by atoms with Crippen LogP contribution in [0, 0.1) is 0 Å². The average molecular weight is 420 g/mol. The molecule has 144 valence electrons. The minimum atomic E-state index is -0.377. The SMILES string of the molecule is COc1cc(/C=N/Nc2nncc(=O)[nH]2)ccc1OCc1ccc(Cl)c(Cl)c1. The molecule has 0 unspecified atom stereocenters. The summed E-state index contributed by atoms with van der Waals surface area (Å²) in [6.07, 6.45) is 2.61. The Morgan fingerprint density at radius 3 is 2.79 bits per heavy atom. The number of nitrogens with zero attached hydrogens (tertiary/aromatic N) is 3. The third-order valence-electron chi connectivity index (χ3n) is 3.52. The van der Waals surface area contributed by atoms with Crippen LogP contribution in [0.25, 0.3) is 0 Å². The molecular weight excluding hydrogens is 405 g/mol. The van der Waals surface area contributed by atoms with Crippen molar-refractivity contribution < 1.29 is 9.47 Å². The Kier molecular flexibility index (Phi) is 6.46. The van der Waals surface area contributed by atoms with Gasteiger partial charge in [-0.3, -0.25) is 9.78 Å². The number of halogens is 2. The Morgan fingerprint density at radius 1 is 1.18 bits per heavy atom. The molecule has 0 saturated carbocycles. The van der Waals surface area contributed by atoms with Crippen molar-refractivity contribution in [1.29, 1.82) is 0 Å². The van der Waals surface area contributed by atoms with Crippen LogP contribution >= 0.6 is 23.2 Å². The van der Waals surface area contributed by atoms with E-state index in [-0.39, 0.29) is 11.5 Å². The van der Waals surface area contributed by atoms with Gasteiger partial charge < -0.3 is 9.47 Å². The minimum absolute atomic E-state index is 0.136. The lowest BCUT2D eigenvalue weighted by atomic mass is 10.2. The zero-order chi connectivity index (χ0) is 19.9. The van der Waals surface area contributed by atoms with Crippen molar-refractivity contribution in [3.63, 3.8) is 0 Å². The summed E-state index contributed by atoms with van der Waals surface area (Å²) in [5.74, 6) is 1.24. The third kappa shape index (κ3) is 5.21. The van der Waals surface area contributed by atoms with Crippen LogP contribution in [0.5, 0.6) is 11.5 Å². The van der Waals surface area contributed by atoms with Gasteiger partial charge in [0.05, 0.1) is 23.4 Å². The van der Waals surface area contributed by atoms with E-state index in [2.05, 4.69) is 25.7 Å². The molecule has 10 heteroatoms. The van der Waals surface area contributed by atoms with Gasteiger partial charge >= 0.3 is 0 Å². The number of methoxy groups -OCH3 is 1. The fourth-order valence-corrected chi connectivity index (χ4v) is 2.53. The first-order chi connectivity index (χ1) is 13.5. The van der Waals surface area contributed by atoms with Gasteiger partial charge in [0, 0.05) is 0 Å². The number of nitrogens with one attached hydrogen (secondary N) is 2. The van der Waals surface area contributed by atoms with Crippen molar-refractivity contribution in [2.75, 3.05) is 12.5 Å². The van der Waals surface area contributed by atoms with Gasteiger partial charge in [0.1, 0.15) is 12.8 Å². The molecule has 2 N–H and O–H groups in total. The van der Waals surface area contributed by atoms with Crippen molar-refractivity contribution in [3.05, 3.63) is 74.1 Å². The largest absolute Gasteiger partial charge is 0.493 e. The number of ether oxygens (including phenoxy) is 2. The van der Waals surface area contributed by atoms with Gasteiger partial charge in [0.15, 0.2) is 11.5 Å². The highest BCUT2D eigenvalue weighted by Crippen LogP contribution is 2.29. The molecule has 2 aromatic carbocycles. The second kappa shape index (κ2) is 9.20. The van der Waals surface area contributed by atoms with E-state index in [1.807, 2.05) is 6.07 Å². The Morgan fingerprint density at radius 2 is 2.04 bits per heavy atom. The number of H-pyrrole nitrogens is 1. The van der Waals surface area contributed by atoms with E-state index in [1.54, 1.807) is 37.4 Å². The van der Waals surface area contributed by atoms with E-state index in [9.17, 15) is 4.79 Å². The Labute approximate surface area is 170 Å². The molecule has 0 aliphatic rings. The van der Waals surface area contributed by atoms with Crippen molar-refractivity contribution in [2.24, 2.45) is 5.10 Å². The number of hydrazone groups is 1. The average Bonchev–Trinajstić information content (AvgIpc) is 2.69. The van der Waals surface area contributed by atoms with E-state index in [4.69, 9.17) is 32.7 Å². The third-order valence-corrected chi connectivity index (χ3v) is 4.26. The second-order valence-electron chi connectivity index (χ2n) is 5.50. The summed E-state index contributed by atoms with van der Waals surface area (Å²) >= 11 is 11.9. The molecule has 1 aromatic heterocycles. The zero-order valence-corrected chi connectivity index (χ0v) is 16.2. The fraction of sp³-hybridized carbons (Fsp3) is 0.111. The van der Waals surface area contributed by atoms with Gasteiger partial charge in [-0.2, -0.15) is 5.10 Å². The quantitative estimate of drug-likeness (QED) is 0.448. The molecule has 0 atom stereocenters. The molecule has 0 bridgehead atoms. The van der Waals surface area contributed by atoms with Gasteiger partial charge in [0.25, 0.3) is 5.56 Å². The Bertz CT molecular complexity index is 1060. The number of hydrogen-bond acceptors (Lipinski definition) is 7. The van der Waals surface area contributed by atoms with Crippen LogP contribution in [0.2, 0.25) is 10.0 Å². The number of rotatable bonds is 7. The van der Waals surface area contributed by atoms with Crippen LogP contribution in [0.3, 0.4) is 0 Å². The Hall–Kier alpha value is -3.10. The fourth-order valence-electron chi connectivity index (χ4n) is 2.21. The van der Waals surface area contributed by atoms with E-state index in [1.165, 1.54) is 6.21 Å². The summed E-state index contributed by atoms with van der Waals surface area (Å²) < 4.78 is 11.2. The van der Waals surface area contributed by atoms with Crippen LogP contribution in [0.15, 0.2) is 52.5 Å². The van der Waals surface area contributed by atoms with Crippen LogP contribution in [-0.2, 0) is 6.61 Å². The monoisotopic (exact) mass is 419 g/mol. The summed E-state index contributed by atoms with van der Waals surface area (Å²) in [7, 11) is 1.55. The first kappa shape index (κ1) is 19.7. The Balaban J connectivity index is 1.66. The standard InChI is InChI=1S/C18H15Cl2N5O3/c1-27-16-7-11(8-21-24-18-23-17(26)9-22-25-18)3-5-15(16)28-10-12-2-4-13(19)14(20)6-12/h2-9H,10H2,1H3,(H2,23,24,25,26)/b21-8+. The smallest absolute Gasteiger partial charge is 0.271 e. The molecule has 28 heavy (non-hydrogen) atoms. The van der Waals surface area contributed by atoms with Crippen molar-refractivity contribution >= 4 is 35.4 Å². The molecule has 0 spiro atoms. The highest BCUT2D eigenvalue weighted by molar-refractivity contribution is 6.42. The van der Waals surface area contributed by atoms with Gasteiger partial charge in [-0.25, -0.2) is 5.43 Å². The lowest BCUT2D eigenvalue weighted by molar-refractivity contribution is 0.284. The molecule has 0 amide bonds. The predicted molar refractivity (Wildman–Crippen MR) is 108 cm³/mol. The van der Waals surface area contributed by atoms with Gasteiger partial charge in [-0.05, 0) is 41.5 Å². The minimum Gasteiger partial charge on any atom is -0.493 e. The van der Waals surface area contributed by atoms with E-state index in [0.29, 0.717) is 28.2 Å². The number of anilines is 1. The predicted octanol–water partition coefficient (Wildman–Crippen LogP) is 3.51. The van der Waals surface area contributed by atoms with Crippen molar-refractivity contribution in [3.8, 4) is 11.5 Å². The summed E-state index contributed by atoms with van der Waals surface area (Å²) in [5.41, 5.74) is 3.84. The lowest BCUT2D eigenvalue weighted by Crippen LogP contribution is -2.10. The summed E-state index contributed by atoms with van der Waals surface area (Å²) in [5, 5.41) is 12.2. The summed E-state index contributed by atoms with van der Waals surface area (Å²) in [4.78, 5) is 13.6. The van der Waals surface area contributed by atoms with Gasteiger partial charge in [-0.1, -0.05) is 29.3 Å². The number of benzene rings is 2. The van der Waals surface area contributed by atoms with E-state index in [0.717, 1.165) is 17.3 Å². The first-order valence-corrected chi connectivity index (χ1v) is 8.76. The van der Waals surface area contributed by atoms with Gasteiger partial charge in [0.2, 0.25) is 5.95 Å². The van der Waals surface area contributed by atoms with Crippen molar-refractivity contribution in [1.82, 2.24) is 15.2 Å². The van der Waals surface area contributed by atoms with Crippen LogP contribution in [0.4, 0.5) is 5.95 Å². The van der Waals surface area contributed by atoms with Crippen LogP contribution in [-0.4, -0.2) is 28.5 Å². The van der Waals surface area contributed by atoms with Gasteiger partial charge in [-0.15, -0.1) is 10.2 Å². The normalized spacial score (nSPS) is 10.8. The lowest BCUT2D eigenvalue weighted by Gasteiger charge is -2.11. The molecule has 3 rings (SSSR count). The number of aromatic nitrogens is 3. The highest BCUT2D eigenvalue weighted by Gasteiger charge is 2.07. The summed E-state index contributed by atoms with van der Waals surface area (Å²) in [6.45, 7) is 0.308. The first-order valence-electron chi connectivity index (χ1n) is 8.01.